The van der Waals surface area contributed by atoms with Crippen LogP contribution in [0.25, 0.3) is 0 Å². The van der Waals surface area contributed by atoms with Crippen molar-refractivity contribution in [3.05, 3.63) is 51.7 Å². The summed E-state index contributed by atoms with van der Waals surface area (Å²) in [6.07, 6.45) is 2.21. The second kappa shape index (κ2) is 7.77. The van der Waals surface area contributed by atoms with Gasteiger partial charge < -0.3 is 14.9 Å². The van der Waals surface area contributed by atoms with Crippen LogP contribution in [-0.2, 0) is 6.67 Å². The highest BCUT2D eigenvalue weighted by atomic mass is 35.5. The first-order valence-corrected chi connectivity index (χ1v) is 7.17. The molecule has 0 unspecified atom stereocenters. The summed E-state index contributed by atoms with van der Waals surface area (Å²) in [6, 6.07) is 8.62. The van der Waals surface area contributed by atoms with E-state index in [2.05, 4.69) is 5.10 Å². The first-order valence-electron chi connectivity index (χ1n) is 6.79. The Morgan fingerprint density at radius 1 is 1.45 bits per heavy atom. The Balaban J connectivity index is 1.73. The van der Waals surface area contributed by atoms with Gasteiger partial charge >= 0.3 is 5.82 Å². The van der Waals surface area contributed by atoms with Gasteiger partial charge in [-0.05, 0) is 36.6 Å². The van der Waals surface area contributed by atoms with Crippen LogP contribution >= 0.6 is 11.6 Å². The predicted octanol–water partition coefficient (Wildman–Crippen LogP) is 2.80. The zero-order chi connectivity index (χ0) is 15.9. The molecule has 0 saturated carbocycles. The maximum Gasteiger partial charge on any atom is 0.346 e. The molecule has 0 aliphatic heterocycles. The van der Waals surface area contributed by atoms with E-state index in [0.29, 0.717) is 18.3 Å². The van der Waals surface area contributed by atoms with Gasteiger partial charge in [0, 0.05) is 11.6 Å². The van der Waals surface area contributed by atoms with E-state index in [1.807, 2.05) is 24.1 Å². The van der Waals surface area contributed by atoms with Crippen molar-refractivity contribution in [3.63, 3.8) is 0 Å². The molecule has 0 amide bonds. The number of ether oxygens (including phenoxy) is 1. The SMILES string of the molecule is CN(CCCOc1cccc(Cl)c1)Cn1nccc1[N+](=O)[O-]. The molecule has 2 aromatic rings. The maximum atomic E-state index is 10.8. The van der Waals surface area contributed by atoms with Crippen molar-refractivity contribution in [1.29, 1.82) is 0 Å². The largest absolute Gasteiger partial charge is 0.493 e. The van der Waals surface area contributed by atoms with E-state index in [4.69, 9.17) is 16.3 Å². The summed E-state index contributed by atoms with van der Waals surface area (Å²) in [4.78, 5) is 12.3. The van der Waals surface area contributed by atoms with E-state index in [9.17, 15) is 10.1 Å². The lowest BCUT2D eigenvalue weighted by Gasteiger charge is -2.14. The molecule has 0 spiro atoms. The summed E-state index contributed by atoms with van der Waals surface area (Å²) < 4.78 is 6.95. The number of nitrogens with zero attached hydrogens (tertiary/aromatic N) is 4. The molecule has 0 atom stereocenters. The predicted molar refractivity (Wildman–Crippen MR) is 83.1 cm³/mol. The van der Waals surface area contributed by atoms with E-state index in [1.165, 1.54) is 16.9 Å². The van der Waals surface area contributed by atoms with Gasteiger partial charge in [-0.1, -0.05) is 22.8 Å². The van der Waals surface area contributed by atoms with Gasteiger partial charge in [-0.2, -0.15) is 0 Å². The van der Waals surface area contributed by atoms with Crippen molar-refractivity contribution < 1.29 is 9.66 Å². The molecule has 2 rings (SSSR count). The number of aromatic nitrogens is 2. The van der Waals surface area contributed by atoms with Gasteiger partial charge in [0.1, 0.15) is 5.75 Å². The highest BCUT2D eigenvalue weighted by Crippen LogP contribution is 2.17. The Kier molecular flexibility index (Phi) is 5.74. The van der Waals surface area contributed by atoms with Gasteiger partial charge in [-0.25, -0.2) is 0 Å². The third-order valence-electron chi connectivity index (χ3n) is 3.01. The number of hydrogen-bond donors (Lipinski definition) is 0. The third-order valence-corrected chi connectivity index (χ3v) is 3.24. The Labute approximate surface area is 133 Å². The van der Waals surface area contributed by atoms with Gasteiger partial charge in [0.05, 0.1) is 18.9 Å². The van der Waals surface area contributed by atoms with Crippen molar-refractivity contribution in [2.75, 3.05) is 20.2 Å². The Bertz CT molecular complexity index is 632. The number of halogens is 1. The van der Waals surface area contributed by atoms with Crippen LogP contribution in [0.5, 0.6) is 5.75 Å². The molecule has 7 nitrogen and oxygen atoms in total. The van der Waals surface area contributed by atoms with Crippen LogP contribution in [0.2, 0.25) is 5.02 Å². The average molecular weight is 325 g/mol. The minimum Gasteiger partial charge on any atom is -0.493 e. The molecule has 0 bridgehead atoms. The number of hydrogen-bond acceptors (Lipinski definition) is 5. The molecule has 118 valence electrons. The summed E-state index contributed by atoms with van der Waals surface area (Å²) in [5, 5.41) is 15.4. The monoisotopic (exact) mass is 324 g/mol. The van der Waals surface area contributed by atoms with Crippen LogP contribution in [0.15, 0.2) is 36.5 Å². The Hall–Kier alpha value is -2.12. The van der Waals surface area contributed by atoms with Crippen molar-refractivity contribution >= 4 is 17.4 Å². The highest BCUT2D eigenvalue weighted by Gasteiger charge is 2.14. The van der Waals surface area contributed by atoms with Crippen molar-refractivity contribution in [1.82, 2.24) is 14.7 Å². The number of nitro groups is 1. The lowest BCUT2D eigenvalue weighted by molar-refractivity contribution is -0.393. The second-order valence-electron chi connectivity index (χ2n) is 4.83. The maximum absolute atomic E-state index is 10.8. The lowest BCUT2D eigenvalue weighted by atomic mass is 10.3. The van der Waals surface area contributed by atoms with Crippen LogP contribution < -0.4 is 4.74 Å². The van der Waals surface area contributed by atoms with E-state index >= 15 is 0 Å². The van der Waals surface area contributed by atoms with Crippen LogP contribution in [0, 0.1) is 10.1 Å². The van der Waals surface area contributed by atoms with Crippen LogP contribution in [0.3, 0.4) is 0 Å². The van der Waals surface area contributed by atoms with Gasteiger partial charge in [-0.15, -0.1) is 4.68 Å². The van der Waals surface area contributed by atoms with Crippen molar-refractivity contribution in [3.8, 4) is 5.75 Å². The van der Waals surface area contributed by atoms with Crippen LogP contribution in [0.4, 0.5) is 5.82 Å². The first-order chi connectivity index (χ1) is 10.6. The highest BCUT2D eigenvalue weighted by molar-refractivity contribution is 6.30. The fraction of sp³-hybridized carbons (Fsp3) is 0.357. The van der Waals surface area contributed by atoms with Gasteiger partial charge in [0.2, 0.25) is 0 Å². The summed E-state index contributed by atoms with van der Waals surface area (Å²) in [7, 11) is 1.88. The molecule has 0 saturated heterocycles. The van der Waals surface area contributed by atoms with Crippen LogP contribution in [-0.4, -0.2) is 39.8 Å². The summed E-state index contributed by atoms with van der Waals surface area (Å²) in [5.41, 5.74) is 0. The van der Waals surface area contributed by atoms with Gasteiger partial charge in [0.25, 0.3) is 0 Å². The minimum atomic E-state index is -0.441. The second-order valence-corrected chi connectivity index (χ2v) is 5.26. The molecule has 22 heavy (non-hydrogen) atoms. The Morgan fingerprint density at radius 2 is 2.27 bits per heavy atom. The zero-order valence-electron chi connectivity index (χ0n) is 12.2. The number of benzene rings is 1. The summed E-state index contributed by atoms with van der Waals surface area (Å²) >= 11 is 5.88. The lowest BCUT2D eigenvalue weighted by Crippen LogP contribution is -2.25. The van der Waals surface area contributed by atoms with Crippen molar-refractivity contribution in [2.45, 2.75) is 13.1 Å². The summed E-state index contributed by atoms with van der Waals surface area (Å²) in [6.45, 7) is 1.64. The van der Waals surface area contributed by atoms with E-state index in [0.717, 1.165) is 18.7 Å². The Morgan fingerprint density at radius 3 is 3.00 bits per heavy atom. The smallest absolute Gasteiger partial charge is 0.346 e. The minimum absolute atomic E-state index is 0.0120. The third kappa shape index (κ3) is 4.71. The van der Waals surface area contributed by atoms with Crippen molar-refractivity contribution in [2.24, 2.45) is 0 Å². The quantitative estimate of drug-likeness (QED) is 0.424. The molecule has 8 heteroatoms. The zero-order valence-corrected chi connectivity index (χ0v) is 12.9. The standard InChI is InChI=1S/C14H17ClN4O3/c1-17(11-18-14(19(20)21)6-7-16-18)8-3-9-22-13-5-2-4-12(15)10-13/h2,4-7,10H,3,8-9,11H2,1H3. The van der Waals surface area contributed by atoms with E-state index in [-0.39, 0.29) is 5.82 Å². The molecular formula is C14H17ClN4O3. The molecule has 1 aromatic carbocycles. The van der Waals surface area contributed by atoms with Gasteiger partial charge in [-0.3, -0.25) is 4.90 Å². The molecule has 1 heterocycles. The normalized spacial score (nSPS) is 10.9. The molecule has 1 aromatic heterocycles. The molecule has 0 fully saturated rings. The fourth-order valence-corrected chi connectivity index (χ4v) is 2.15. The van der Waals surface area contributed by atoms with E-state index < -0.39 is 4.92 Å². The summed E-state index contributed by atoms with van der Waals surface area (Å²) in [5.74, 6) is 0.722. The topological polar surface area (TPSA) is 73.4 Å². The molecule has 0 N–H and O–H groups in total. The average Bonchev–Trinajstić information content (AvgIpc) is 2.92. The molecule has 0 aliphatic rings. The molecule has 0 radical (unpaired) electrons. The van der Waals surface area contributed by atoms with Crippen LogP contribution in [0.1, 0.15) is 6.42 Å². The van der Waals surface area contributed by atoms with E-state index in [1.54, 1.807) is 12.1 Å². The van der Waals surface area contributed by atoms with Gasteiger partial charge in [0.15, 0.2) is 6.67 Å². The molecule has 0 aliphatic carbocycles. The first kappa shape index (κ1) is 16.3. The molecular weight excluding hydrogens is 308 g/mol. The number of rotatable bonds is 8. The fourth-order valence-electron chi connectivity index (χ4n) is 1.97.